The van der Waals surface area contributed by atoms with Gasteiger partial charge in [-0.2, -0.15) is 0 Å². The summed E-state index contributed by atoms with van der Waals surface area (Å²) in [7, 11) is 0. The maximum Gasteiger partial charge on any atom is 0.255 e. The van der Waals surface area contributed by atoms with Gasteiger partial charge in [-0.1, -0.05) is 34.8 Å². The Morgan fingerprint density at radius 3 is 2.33 bits per heavy atom. The first-order chi connectivity index (χ1) is 11.5. The molecule has 0 bridgehead atoms. The fourth-order valence-corrected chi connectivity index (χ4v) is 2.47. The van der Waals surface area contributed by atoms with E-state index in [1.807, 2.05) is 6.92 Å². The largest absolute Gasteiger partial charge is 0.491 e. The summed E-state index contributed by atoms with van der Waals surface area (Å²) in [5, 5.41) is 3.65. The summed E-state index contributed by atoms with van der Waals surface area (Å²) in [4.78, 5) is 12.3. The SMILES string of the molecule is CCOCCOc1ccc(C(=O)Nc2cc(Cl)c(Cl)cc2Cl)cc1. The van der Waals surface area contributed by atoms with Crippen LogP contribution in [0.3, 0.4) is 0 Å². The molecule has 0 aliphatic heterocycles. The van der Waals surface area contributed by atoms with E-state index in [0.29, 0.717) is 51.9 Å². The lowest BCUT2D eigenvalue weighted by Crippen LogP contribution is -2.12. The second-order valence-electron chi connectivity index (χ2n) is 4.77. The Balaban J connectivity index is 1.99. The molecule has 0 aromatic heterocycles. The van der Waals surface area contributed by atoms with E-state index >= 15 is 0 Å². The maximum absolute atomic E-state index is 12.3. The van der Waals surface area contributed by atoms with Gasteiger partial charge in [0.1, 0.15) is 12.4 Å². The molecule has 0 aliphatic rings. The number of benzene rings is 2. The van der Waals surface area contributed by atoms with E-state index in [1.165, 1.54) is 12.1 Å². The number of hydrogen-bond acceptors (Lipinski definition) is 3. The molecule has 0 saturated heterocycles. The highest BCUT2D eigenvalue weighted by Gasteiger charge is 2.11. The normalized spacial score (nSPS) is 10.5. The van der Waals surface area contributed by atoms with Crippen LogP contribution in [0, 0.1) is 0 Å². The summed E-state index contributed by atoms with van der Waals surface area (Å²) in [5.74, 6) is 0.356. The van der Waals surface area contributed by atoms with E-state index in [9.17, 15) is 4.79 Å². The minimum atomic E-state index is -0.309. The first-order valence-corrected chi connectivity index (χ1v) is 8.41. The van der Waals surface area contributed by atoms with Crippen molar-refractivity contribution in [3.63, 3.8) is 0 Å². The van der Waals surface area contributed by atoms with E-state index < -0.39 is 0 Å². The van der Waals surface area contributed by atoms with Crippen LogP contribution in [0.5, 0.6) is 5.75 Å². The summed E-state index contributed by atoms with van der Waals surface area (Å²) in [6.07, 6.45) is 0. The first kappa shape index (κ1) is 18.9. The number of nitrogens with one attached hydrogen (secondary N) is 1. The molecule has 128 valence electrons. The highest BCUT2D eigenvalue weighted by atomic mass is 35.5. The minimum Gasteiger partial charge on any atom is -0.491 e. The number of hydrogen-bond donors (Lipinski definition) is 1. The van der Waals surface area contributed by atoms with Crippen molar-refractivity contribution in [2.24, 2.45) is 0 Å². The van der Waals surface area contributed by atoms with Crippen molar-refractivity contribution < 1.29 is 14.3 Å². The number of halogens is 3. The van der Waals surface area contributed by atoms with Gasteiger partial charge in [-0.15, -0.1) is 0 Å². The zero-order valence-electron chi connectivity index (χ0n) is 12.9. The molecule has 2 rings (SSSR count). The van der Waals surface area contributed by atoms with Gasteiger partial charge in [0.05, 0.1) is 27.4 Å². The molecule has 0 fully saturated rings. The molecule has 0 radical (unpaired) electrons. The van der Waals surface area contributed by atoms with Gasteiger partial charge in [-0.05, 0) is 43.3 Å². The average Bonchev–Trinajstić information content (AvgIpc) is 2.57. The molecule has 4 nitrogen and oxygen atoms in total. The van der Waals surface area contributed by atoms with Crippen LogP contribution in [-0.4, -0.2) is 25.7 Å². The van der Waals surface area contributed by atoms with E-state index in [-0.39, 0.29) is 5.91 Å². The predicted molar refractivity (Wildman–Crippen MR) is 97.9 cm³/mol. The van der Waals surface area contributed by atoms with E-state index in [0.717, 1.165) is 0 Å². The zero-order valence-corrected chi connectivity index (χ0v) is 15.2. The quantitative estimate of drug-likeness (QED) is 0.516. The van der Waals surface area contributed by atoms with Gasteiger partial charge < -0.3 is 14.8 Å². The summed E-state index contributed by atoms with van der Waals surface area (Å²) in [6.45, 7) is 3.56. The molecule has 0 unspecified atom stereocenters. The fourth-order valence-electron chi connectivity index (χ4n) is 1.88. The van der Waals surface area contributed by atoms with Crippen LogP contribution in [0.25, 0.3) is 0 Å². The number of carbonyl (C=O) groups is 1. The van der Waals surface area contributed by atoms with Crippen LogP contribution >= 0.6 is 34.8 Å². The van der Waals surface area contributed by atoms with Crippen LogP contribution in [0.4, 0.5) is 5.69 Å². The first-order valence-electron chi connectivity index (χ1n) is 7.27. The summed E-state index contributed by atoms with van der Waals surface area (Å²) < 4.78 is 10.7. The lowest BCUT2D eigenvalue weighted by Gasteiger charge is -2.10. The van der Waals surface area contributed by atoms with Gasteiger partial charge in [0, 0.05) is 12.2 Å². The molecule has 0 spiro atoms. The van der Waals surface area contributed by atoms with Gasteiger partial charge in [-0.25, -0.2) is 0 Å². The Labute approximate surface area is 155 Å². The third-order valence-electron chi connectivity index (χ3n) is 3.08. The number of carbonyl (C=O) groups excluding carboxylic acids is 1. The second kappa shape index (κ2) is 9.14. The van der Waals surface area contributed by atoms with Gasteiger partial charge in [0.2, 0.25) is 0 Å². The molecule has 0 saturated carbocycles. The maximum atomic E-state index is 12.3. The molecule has 7 heteroatoms. The molecule has 1 N–H and O–H groups in total. The Kier molecular flexibility index (Phi) is 7.18. The van der Waals surface area contributed by atoms with Crippen LogP contribution in [-0.2, 0) is 4.74 Å². The van der Waals surface area contributed by atoms with Gasteiger partial charge >= 0.3 is 0 Å². The monoisotopic (exact) mass is 387 g/mol. The highest BCUT2D eigenvalue weighted by molar-refractivity contribution is 6.44. The van der Waals surface area contributed by atoms with Crippen molar-refractivity contribution in [1.82, 2.24) is 0 Å². The van der Waals surface area contributed by atoms with Gasteiger partial charge in [-0.3, -0.25) is 4.79 Å². The number of ether oxygens (including phenoxy) is 2. The number of anilines is 1. The van der Waals surface area contributed by atoms with Crippen molar-refractivity contribution >= 4 is 46.4 Å². The van der Waals surface area contributed by atoms with Gasteiger partial charge in [0.15, 0.2) is 0 Å². The summed E-state index contributed by atoms with van der Waals surface area (Å²) >= 11 is 17.9. The lowest BCUT2D eigenvalue weighted by molar-refractivity contribution is 0.102. The molecule has 1 amide bonds. The van der Waals surface area contributed by atoms with Gasteiger partial charge in [0.25, 0.3) is 5.91 Å². The Hall–Kier alpha value is -1.46. The summed E-state index contributed by atoms with van der Waals surface area (Å²) in [5.41, 5.74) is 0.863. The smallest absolute Gasteiger partial charge is 0.255 e. The Morgan fingerprint density at radius 2 is 1.67 bits per heavy atom. The standard InChI is InChI=1S/C17H16Cl3NO3/c1-2-23-7-8-24-12-5-3-11(4-6-12)17(22)21-16-10-14(19)13(18)9-15(16)20/h3-6,9-10H,2,7-8H2,1H3,(H,21,22). The molecule has 2 aromatic carbocycles. The zero-order chi connectivity index (χ0) is 17.5. The van der Waals surface area contributed by atoms with Crippen molar-refractivity contribution in [2.75, 3.05) is 25.1 Å². The minimum absolute atomic E-state index is 0.309. The van der Waals surface area contributed by atoms with Crippen LogP contribution in [0.15, 0.2) is 36.4 Å². The summed E-state index contributed by atoms with van der Waals surface area (Å²) in [6, 6.07) is 9.76. The van der Waals surface area contributed by atoms with Crippen LogP contribution in [0.2, 0.25) is 15.1 Å². The fraction of sp³-hybridized carbons (Fsp3) is 0.235. The third-order valence-corrected chi connectivity index (χ3v) is 4.11. The van der Waals surface area contributed by atoms with Crippen molar-refractivity contribution in [1.29, 1.82) is 0 Å². The average molecular weight is 389 g/mol. The number of amides is 1. The molecule has 0 atom stereocenters. The third kappa shape index (κ3) is 5.28. The lowest BCUT2D eigenvalue weighted by atomic mass is 10.2. The van der Waals surface area contributed by atoms with E-state index in [4.69, 9.17) is 44.3 Å². The molecular weight excluding hydrogens is 373 g/mol. The Morgan fingerprint density at radius 1 is 1.00 bits per heavy atom. The molecule has 2 aromatic rings. The van der Waals surface area contributed by atoms with Crippen LogP contribution < -0.4 is 10.1 Å². The van der Waals surface area contributed by atoms with E-state index in [1.54, 1.807) is 24.3 Å². The topological polar surface area (TPSA) is 47.6 Å². The molecule has 24 heavy (non-hydrogen) atoms. The Bertz CT molecular complexity index is 705. The highest BCUT2D eigenvalue weighted by Crippen LogP contribution is 2.32. The molecule has 0 aliphatic carbocycles. The number of rotatable bonds is 7. The molecule has 0 heterocycles. The van der Waals surface area contributed by atoms with Crippen molar-refractivity contribution in [2.45, 2.75) is 6.92 Å². The predicted octanol–water partition coefficient (Wildman–Crippen LogP) is 5.31. The second-order valence-corrected chi connectivity index (χ2v) is 5.99. The van der Waals surface area contributed by atoms with Crippen LogP contribution in [0.1, 0.15) is 17.3 Å². The molecular formula is C17H16Cl3NO3. The van der Waals surface area contributed by atoms with Crippen molar-refractivity contribution in [3.05, 3.63) is 57.0 Å². The van der Waals surface area contributed by atoms with Crippen molar-refractivity contribution in [3.8, 4) is 5.75 Å². The van der Waals surface area contributed by atoms with E-state index in [2.05, 4.69) is 5.32 Å².